The lowest BCUT2D eigenvalue weighted by atomic mass is 10.1. The van der Waals surface area contributed by atoms with Gasteiger partial charge in [-0.05, 0) is 32.5 Å². The Bertz CT molecular complexity index is 290. The number of likely N-dealkylation sites (tertiary alicyclic amines) is 1. The molecule has 0 aromatic heterocycles. The summed E-state index contributed by atoms with van der Waals surface area (Å²) in [6.07, 6.45) is 1.88. The van der Waals surface area contributed by atoms with E-state index in [1.54, 1.807) is 7.05 Å². The molecule has 1 N–H and O–H groups in total. The van der Waals surface area contributed by atoms with E-state index >= 15 is 0 Å². The van der Waals surface area contributed by atoms with Gasteiger partial charge in [0.25, 0.3) is 5.92 Å². The fraction of sp³-hybridized carbons (Fsp3) is 0.929. The molecule has 0 atom stereocenters. The summed E-state index contributed by atoms with van der Waals surface area (Å²) in [4.78, 5) is 15.6. The molecule has 20 heavy (non-hydrogen) atoms. The van der Waals surface area contributed by atoms with E-state index in [0.29, 0.717) is 19.6 Å². The van der Waals surface area contributed by atoms with E-state index in [4.69, 9.17) is 0 Å². The molecule has 0 aliphatic carbocycles. The van der Waals surface area contributed by atoms with Crippen LogP contribution in [0.1, 0.15) is 32.6 Å². The first-order valence-electron chi connectivity index (χ1n) is 7.50. The number of amides is 1. The number of halogens is 2. The molecular weight excluding hydrogens is 264 g/mol. The van der Waals surface area contributed by atoms with Gasteiger partial charge >= 0.3 is 0 Å². The number of piperidine rings is 1. The van der Waals surface area contributed by atoms with Crippen molar-refractivity contribution in [3.63, 3.8) is 0 Å². The zero-order chi connectivity index (χ0) is 15.0. The Hall–Kier alpha value is -0.750. The van der Waals surface area contributed by atoms with E-state index < -0.39 is 5.92 Å². The van der Waals surface area contributed by atoms with Gasteiger partial charge in [0.2, 0.25) is 5.91 Å². The van der Waals surface area contributed by atoms with Crippen molar-refractivity contribution >= 4 is 5.91 Å². The zero-order valence-corrected chi connectivity index (χ0v) is 12.6. The minimum atomic E-state index is -2.47. The van der Waals surface area contributed by atoms with E-state index in [2.05, 4.69) is 22.0 Å². The van der Waals surface area contributed by atoms with Crippen LogP contribution >= 0.6 is 0 Å². The molecule has 0 bridgehead atoms. The van der Waals surface area contributed by atoms with Crippen LogP contribution in [-0.2, 0) is 4.79 Å². The fourth-order valence-electron chi connectivity index (χ4n) is 2.49. The molecule has 1 aliphatic rings. The Kier molecular flexibility index (Phi) is 7.37. The van der Waals surface area contributed by atoms with Gasteiger partial charge in [-0.25, -0.2) is 8.78 Å². The Labute approximate surface area is 120 Å². The summed E-state index contributed by atoms with van der Waals surface area (Å²) < 4.78 is 26.1. The summed E-state index contributed by atoms with van der Waals surface area (Å²) in [5.74, 6) is -2.44. The second-order valence-electron chi connectivity index (χ2n) is 5.50. The molecule has 0 saturated carbocycles. The molecule has 118 valence electrons. The summed E-state index contributed by atoms with van der Waals surface area (Å²) in [5.41, 5.74) is 0. The highest BCUT2D eigenvalue weighted by Crippen LogP contribution is 2.27. The van der Waals surface area contributed by atoms with Crippen molar-refractivity contribution in [2.45, 2.75) is 38.5 Å². The number of nitrogens with zero attached hydrogens (tertiary/aromatic N) is 2. The van der Waals surface area contributed by atoms with Crippen molar-refractivity contribution in [3.05, 3.63) is 0 Å². The number of alkyl halides is 2. The third kappa shape index (κ3) is 6.61. The summed E-state index contributed by atoms with van der Waals surface area (Å²) in [7, 11) is 1.64. The number of carbonyl (C=O) groups is 1. The molecular formula is C14H27F2N3O. The van der Waals surface area contributed by atoms with Gasteiger partial charge in [-0.2, -0.15) is 0 Å². The molecule has 0 spiro atoms. The number of nitrogens with one attached hydrogen (secondary N) is 1. The third-order valence-electron chi connectivity index (χ3n) is 3.72. The number of hydrogen-bond donors (Lipinski definition) is 1. The van der Waals surface area contributed by atoms with Crippen molar-refractivity contribution < 1.29 is 13.6 Å². The normalized spacial score (nSPS) is 19.2. The quantitative estimate of drug-likeness (QED) is 0.737. The molecule has 0 aromatic rings. The number of rotatable bonds is 8. The van der Waals surface area contributed by atoms with Crippen LogP contribution in [0.2, 0.25) is 0 Å². The summed E-state index contributed by atoms with van der Waals surface area (Å²) in [6, 6.07) is 0. The van der Waals surface area contributed by atoms with Crippen molar-refractivity contribution in [2.75, 3.05) is 46.3 Å². The zero-order valence-electron chi connectivity index (χ0n) is 12.6. The lowest BCUT2D eigenvalue weighted by Crippen LogP contribution is -2.41. The van der Waals surface area contributed by atoms with Crippen molar-refractivity contribution in [3.8, 4) is 0 Å². The van der Waals surface area contributed by atoms with Crippen LogP contribution in [0.4, 0.5) is 8.78 Å². The summed E-state index contributed by atoms with van der Waals surface area (Å²) in [5, 5.41) is 2.63. The second kappa shape index (κ2) is 8.52. The van der Waals surface area contributed by atoms with Gasteiger partial charge in [-0.15, -0.1) is 0 Å². The largest absolute Gasteiger partial charge is 0.358 e. The molecule has 0 radical (unpaired) electrons. The minimum absolute atomic E-state index is 0.0239. The third-order valence-corrected chi connectivity index (χ3v) is 3.72. The molecule has 4 nitrogen and oxygen atoms in total. The van der Waals surface area contributed by atoms with E-state index in [1.165, 1.54) is 0 Å². The van der Waals surface area contributed by atoms with Crippen LogP contribution in [0.15, 0.2) is 0 Å². The average molecular weight is 291 g/mol. The molecule has 1 rings (SSSR count). The Morgan fingerprint density at radius 3 is 2.50 bits per heavy atom. The highest BCUT2D eigenvalue weighted by molar-refractivity contribution is 5.77. The Balaban J connectivity index is 2.21. The smallest absolute Gasteiger partial charge is 0.250 e. The standard InChI is InChI=1S/C14H27F2N3O/c1-3-7-19(12-13(20)17-2)9-4-8-18-10-5-14(15,16)6-11-18/h3-12H2,1-2H3,(H,17,20). The van der Waals surface area contributed by atoms with E-state index in [1.807, 2.05) is 0 Å². The van der Waals surface area contributed by atoms with Gasteiger partial charge in [0.15, 0.2) is 0 Å². The lowest BCUT2D eigenvalue weighted by Gasteiger charge is -2.32. The molecule has 1 heterocycles. The van der Waals surface area contributed by atoms with Gasteiger partial charge < -0.3 is 10.2 Å². The maximum Gasteiger partial charge on any atom is 0.250 e. The second-order valence-corrected chi connectivity index (χ2v) is 5.50. The van der Waals surface area contributed by atoms with E-state index in [9.17, 15) is 13.6 Å². The summed E-state index contributed by atoms with van der Waals surface area (Å²) in [6.45, 7) is 6.04. The molecule has 1 fully saturated rings. The van der Waals surface area contributed by atoms with Gasteiger partial charge in [0.1, 0.15) is 0 Å². The SMILES string of the molecule is CCCN(CCCN1CCC(F)(F)CC1)CC(=O)NC. The molecule has 0 unspecified atom stereocenters. The van der Waals surface area contributed by atoms with E-state index in [0.717, 1.165) is 32.5 Å². The maximum absolute atomic E-state index is 13.0. The lowest BCUT2D eigenvalue weighted by molar-refractivity contribution is -0.121. The predicted octanol–water partition coefficient (Wildman–Crippen LogP) is 1.57. The number of likely N-dealkylation sites (N-methyl/N-ethyl adjacent to an activating group) is 1. The maximum atomic E-state index is 13.0. The monoisotopic (exact) mass is 291 g/mol. The van der Waals surface area contributed by atoms with Crippen LogP contribution in [-0.4, -0.2) is 67.9 Å². The molecule has 1 amide bonds. The van der Waals surface area contributed by atoms with Crippen LogP contribution in [0, 0.1) is 0 Å². The summed E-state index contributed by atoms with van der Waals surface area (Å²) >= 11 is 0. The highest BCUT2D eigenvalue weighted by atomic mass is 19.3. The van der Waals surface area contributed by atoms with Crippen LogP contribution in [0.3, 0.4) is 0 Å². The topological polar surface area (TPSA) is 35.6 Å². The first-order chi connectivity index (χ1) is 9.46. The number of hydrogen-bond acceptors (Lipinski definition) is 3. The average Bonchev–Trinajstić information content (AvgIpc) is 2.40. The van der Waals surface area contributed by atoms with Gasteiger partial charge in [0.05, 0.1) is 6.54 Å². The Morgan fingerprint density at radius 2 is 1.95 bits per heavy atom. The molecule has 6 heteroatoms. The fourth-order valence-corrected chi connectivity index (χ4v) is 2.49. The van der Waals surface area contributed by atoms with Crippen molar-refractivity contribution in [1.82, 2.24) is 15.1 Å². The molecule has 0 aromatic carbocycles. The van der Waals surface area contributed by atoms with Crippen molar-refractivity contribution in [1.29, 1.82) is 0 Å². The number of carbonyl (C=O) groups excluding carboxylic acids is 1. The first kappa shape index (κ1) is 17.3. The van der Waals surface area contributed by atoms with E-state index in [-0.39, 0.29) is 18.7 Å². The first-order valence-corrected chi connectivity index (χ1v) is 7.50. The highest BCUT2D eigenvalue weighted by Gasteiger charge is 2.33. The predicted molar refractivity (Wildman–Crippen MR) is 76.0 cm³/mol. The van der Waals surface area contributed by atoms with Gasteiger partial charge in [0, 0.05) is 33.0 Å². The van der Waals surface area contributed by atoms with Crippen LogP contribution < -0.4 is 5.32 Å². The minimum Gasteiger partial charge on any atom is -0.358 e. The van der Waals surface area contributed by atoms with Gasteiger partial charge in [-0.1, -0.05) is 6.92 Å². The molecule has 1 aliphatic heterocycles. The Morgan fingerprint density at radius 1 is 1.30 bits per heavy atom. The van der Waals surface area contributed by atoms with Crippen LogP contribution in [0.5, 0.6) is 0 Å². The van der Waals surface area contributed by atoms with Crippen LogP contribution in [0.25, 0.3) is 0 Å². The van der Waals surface area contributed by atoms with Crippen molar-refractivity contribution in [2.24, 2.45) is 0 Å². The van der Waals surface area contributed by atoms with Gasteiger partial charge in [-0.3, -0.25) is 9.69 Å². The molecule has 1 saturated heterocycles.